The van der Waals surface area contributed by atoms with Gasteiger partial charge in [0, 0.05) is 26.9 Å². The lowest BCUT2D eigenvalue weighted by Gasteiger charge is -2.14. The van der Waals surface area contributed by atoms with E-state index < -0.39 is 11.8 Å². The molecule has 3 aromatic carbocycles. The van der Waals surface area contributed by atoms with Crippen LogP contribution in [0.1, 0.15) is 16.7 Å². The fraction of sp³-hybridized carbons (Fsp3) is 0.125. The van der Waals surface area contributed by atoms with Crippen molar-refractivity contribution in [3.63, 3.8) is 0 Å². The molecule has 2 amide bonds. The number of para-hydroxylation sites is 1. The van der Waals surface area contributed by atoms with Gasteiger partial charge in [0.2, 0.25) is 0 Å². The molecule has 3 rings (SSSR count). The Kier molecular flexibility index (Phi) is 8.29. The molecule has 0 heterocycles. The first-order chi connectivity index (χ1) is 15.9. The number of hydrogen-bond acceptors (Lipinski definition) is 5. The van der Waals surface area contributed by atoms with Gasteiger partial charge in [-0.15, -0.1) is 0 Å². The third kappa shape index (κ3) is 6.47. The minimum atomic E-state index is -0.917. The monoisotopic (exact) mass is 485 g/mol. The Morgan fingerprint density at radius 2 is 1.64 bits per heavy atom. The summed E-state index contributed by atoms with van der Waals surface area (Å²) >= 11 is 12.4. The molecular weight excluding hydrogens is 465 g/mol. The number of rotatable bonds is 7. The van der Waals surface area contributed by atoms with Gasteiger partial charge < -0.3 is 14.8 Å². The Morgan fingerprint density at radius 3 is 2.30 bits per heavy atom. The number of carbonyl (C=O) groups excluding carboxylic acids is 2. The van der Waals surface area contributed by atoms with E-state index in [1.165, 1.54) is 13.3 Å². The van der Waals surface area contributed by atoms with Crippen molar-refractivity contribution >= 4 is 46.9 Å². The molecule has 0 aromatic heterocycles. The zero-order valence-electron chi connectivity index (χ0n) is 17.9. The van der Waals surface area contributed by atoms with Gasteiger partial charge >= 0.3 is 11.8 Å². The Bertz CT molecular complexity index is 1160. The molecule has 0 spiro atoms. The predicted octanol–water partition coefficient (Wildman–Crippen LogP) is 4.98. The van der Waals surface area contributed by atoms with Crippen molar-refractivity contribution in [1.29, 1.82) is 0 Å². The number of hydrazone groups is 1. The number of aryl methyl sites for hydroxylation is 1. The van der Waals surface area contributed by atoms with Gasteiger partial charge in [-0.25, -0.2) is 5.43 Å². The van der Waals surface area contributed by atoms with Crippen LogP contribution in [0, 0.1) is 6.92 Å². The molecule has 3 aromatic rings. The first-order valence-electron chi connectivity index (χ1n) is 9.82. The van der Waals surface area contributed by atoms with Gasteiger partial charge in [-0.05, 0) is 43.3 Å². The van der Waals surface area contributed by atoms with Crippen LogP contribution in [0.15, 0.2) is 65.8 Å². The highest BCUT2D eigenvalue weighted by Gasteiger charge is 2.14. The highest BCUT2D eigenvalue weighted by Crippen LogP contribution is 2.32. The minimum Gasteiger partial charge on any atom is -0.493 e. The SMILES string of the molecule is COc1cccc(/C=N\NC(=O)C(=O)Nc2ccc(C)cc2)c1OCc1c(Cl)cccc1Cl. The van der Waals surface area contributed by atoms with Crippen molar-refractivity contribution in [3.05, 3.63) is 87.4 Å². The van der Waals surface area contributed by atoms with Gasteiger partial charge in [-0.2, -0.15) is 5.10 Å². The van der Waals surface area contributed by atoms with Crippen LogP contribution in [0.4, 0.5) is 5.69 Å². The van der Waals surface area contributed by atoms with Gasteiger partial charge in [0.25, 0.3) is 0 Å². The Labute approximate surface area is 201 Å². The standard InChI is InChI=1S/C24H21Cl2N3O4/c1-15-9-11-17(12-10-15)28-23(30)24(31)29-27-13-16-5-3-8-21(32-2)22(16)33-14-18-19(25)6-4-7-20(18)26/h3-13H,14H2,1-2H3,(H,28,30)(H,29,31)/b27-13-. The summed E-state index contributed by atoms with van der Waals surface area (Å²) in [6.07, 6.45) is 1.35. The summed E-state index contributed by atoms with van der Waals surface area (Å²) in [6, 6.07) is 17.4. The van der Waals surface area contributed by atoms with Crippen LogP contribution in [0.2, 0.25) is 10.0 Å². The molecule has 0 aliphatic heterocycles. The third-order valence-corrected chi connectivity index (χ3v) is 5.25. The summed E-state index contributed by atoms with van der Waals surface area (Å²) in [6.45, 7) is 2.01. The molecule has 0 atom stereocenters. The molecular formula is C24H21Cl2N3O4. The van der Waals surface area contributed by atoms with E-state index in [0.29, 0.717) is 38.4 Å². The fourth-order valence-electron chi connectivity index (χ4n) is 2.80. The molecule has 0 aliphatic carbocycles. The molecule has 2 N–H and O–H groups in total. The summed E-state index contributed by atoms with van der Waals surface area (Å²) in [5.41, 5.74) is 4.87. The molecule has 0 saturated carbocycles. The maximum Gasteiger partial charge on any atom is 0.329 e. The van der Waals surface area contributed by atoms with Crippen LogP contribution >= 0.6 is 23.2 Å². The van der Waals surface area contributed by atoms with Crippen LogP contribution in [0.5, 0.6) is 11.5 Å². The smallest absolute Gasteiger partial charge is 0.329 e. The number of ether oxygens (including phenoxy) is 2. The van der Waals surface area contributed by atoms with E-state index in [0.717, 1.165) is 5.56 Å². The zero-order valence-corrected chi connectivity index (χ0v) is 19.4. The Morgan fingerprint density at radius 1 is 0.970 bits per heavy atom. The van der Waals surface area contributed by atoms with Crippen molar-refractivity contribution in [1.82, 2.24) is 5.43 Å². The molecule has 9 heteroatoms. The molecule has 0 radical (unpaired) electrons. The van der Waals surface area contributed by atoms with Crippen molar-refractivity contribution in [2.75, 3.05) is 12.4 Å². The fourth-order valence-corrected chi connectivity index (χ4v) is 3.31. The number of methoxy groups -OCH3 is 1. The van der Waals surface area contributed by atoms with Crippen molar-refractivity contribution in [3.8, 4) is 11.5 Å². The van der Waals surface area contributed by atoms with Gasteiger partial charge in [-0.3, -0.25) is 9.59 Å². The second-order valence-electron chi connectivity index (χ2n) is 6.89. The summed E-state index contributed by atoms with van der Waals surface area (Å²) < 4.78 is 11.3. The second kappa shape index (κ2) is 11.4. The average Bonchev–Trinajstić information content (AvgIpc) is 2.80. The maximum atomic E-state index is 12.1. The average molecular weight is 486 g/mol. The van der Waals surface area contributed by atoms with Crippen molar-refractivity contribution in [2.45, 2.75) is 13.5 Å². The topological polar surface area (TPSA) is 89.0 Å². The lowest BCUT2D eigenvalue weighted by atomic mass is 10.2. The van der Waals surface area contributed by atoms with E-state index in [1.807, 2.05) is 19.1 Å². The van der Waals surface area contributed by atoms with Gasteiger partial charge in [-0.1, -0.05) is 53.0 Å². The third-order valence-electron chi connectivity index (χ3n) is 4.54. The highest BCUT2D eigenvalue weighted by atomic mass is 35.5. The lowest BCUT2D eigenvalue weighted by Crippen LogP contribution is -2.32. The number of nitrogens with zero attached hydrogens (tertiary/aromatic N) is 1. The lowest BCUT2D eigenvalue weighted by molar-refractivity contribution is -0.136. The number of halogens is 2. The number of benzene rings is 3. The summed E-state index contributed by atoms with van der Waals surface area (Å²) in [5, 5.41) is 7.32. The van der Waals surface area contributed by atoms with Crippen LogP contribution in [-0.2, 0) is 16.2 Å². The van der Waals surface area contributed by atoms with Crippen LogP contribution in [-0.4, -0.2) is 25.1 Å². The quantitative estimate of drug-likeness (QED) is 0.280. The molecule has 7 nitrogen and oxygen atoms in total. The highest BCUT2D eigenvalue weighted by molar-refractivity contribution is 6.39. The zero-order chi connectivity index (χ0) is 23.8. The number of amides is 2. The normalized spacial score (nSPS) is 10.7. The van der Waals surface area contributed by atoms with Crippen LogP contribution < -0.4 is 20.2 Å². The minimum absolute atomic E-state index is 0.0883. The molecule has 0 aliphatic rings. The summed E-state index contributed by atoms with van der Waals surface area (Å²) in [5.74, 6) is -0.935. The number of nitrogens with one attached hydrogen (secondary N) is 2. The number of hydrogen-bond donors (Lipinski definition) is 2. The first kappa shape index (κ1) is 24.1. The largest absolute Gasteiger partial charge is 0.493 e. The molecule has 170 valence electrons. The van der Waals surface area contributed by atoms with E-state index >= 15 is 0 Å². The first-order valence-corrected chi connectivity index (χ1v) is 10.6. The predicted molar refractivity (Wildman–Crippen MR) is 129 cm³/mol. The van der Waals surface area contributed by atoms with Gasteiger partial charge in [0.15, 0.2) is 11.5 Å². The van der Waals surface area contributed by atoms with E-state index in [-0.39, 0.29) is 6.61 Å². The van der Waals surface area contributed by atoms with Gasteiger partial charge in [0.05, 0.1) is 13.3 Å². The van der Waals surface area contributed by atoms with E-state index in [2.05, 4.69) is 15.8 Å². The van der Waals surface area contributed by atoms with E-state index in [1.54, 1.807) is 48.5 Å². The summed E-state index contributed by atoms with van der Waals surface area (Å²) in [7, 11) is 1.50. The van der Waals surface area contributed by atoms with Crippen molar-refractivity contribution in [2.24, 2.45) is 5.10 Å². The molecule has 0 saturated heterocycles. The number of anilines is 1. The van der Waals surface area contributed by atoms with E-state index in [4.69, 9.17) is 32.7 Å². The summed E-state index contributed by atoms with van der Waals surface area (Å²) in [4.78, 5) is 24.1. The Hall–Kier alpha value is -3.55. The Balaban J connectivity index is 1.69. The molecule has 0 bridgehead atoms. The van der Waals surface area contributed by atoms with Crippen LogP contribution in [0.3, 0.4) is 0 Å². The van der Waals surface area contributed by atoms with Crippen molar-refractivity contribution < 1.29 is 19.1 Å². The molecule has 0 unspecified atom stereocenters. The maximum absolute atomic E-state index is 12.1. The van der Waals surface area contributed by atoms with E-state index in [9.17, 15) is 9.59 Å². The van der Waals surface area contributed by atoms with Crippen LogP contribution in [0.25, 0.3) is 0 Å². The number of carbonyl (C=O) groups is 2. The van der Waals surface area contributed by atoms with Gasteiger partial charge in [0.1, 0.15) is 6.61 Å². The molecule has 33 heavy (non-hydrogen) atoms. The molecule has 0 fully saturated rings. The second-order valence-corrected chi connectivity index (χ2v) is 7.70.